The van der Waals surface area contributed by atoms with Crippen LogP contribution in [0.1, 0.15) is 38.8 Å². The monoisotopic (exact) mass is 258 g/mol. The van der Waals surface area contributed by atoms with Crippen LogP contribution in [-0.2, 0) is 13.0 Å². The highest BCUT2D eigenvalue weighted by Gasteiger charge is 2.12. The standard InChI is InChI=1S/C17H26N2/c1-14(2)11-19(12-15(3)4)13-17-8-6-5-7-16(17)9-10-18/h5-8,14-15H,9,11-13H2,1-4H3. The van der Waals surface area contributed by atoms with Crippen LogP contribution in [0.15, 0.2) is 24.3 Å². The molecule has 0 fully saturated rings. The van der Waals surface area contributed by atoms with Crippen molar-refractivity contribution in [3.05, 3.63) is 35.4 Å². The number of rotatable bonds is 7. The van der Waals surface area contributed by atoms with E-state index in [-0.39, 0.29) is 0 Å². The van der Waals surface area contributed by atoms with Gasteiger partial charge in [0.1, 0.15) is 0 Å². The highest BCUT2D eigenvalue weighted by molar-refractivity contribution is 5.29. The van der Waals surface area contributed by atoms with E-state index in [1.807, 2.05) is 6.07 Å². The Labute approximate surface area is 118 Å². The van der Waals surface area contributed by atoms with Gasteiger partial charge in [-0.1, -0.05) is 52.0 Å². The molecule has 104 valence electrons. The summed E-state index contributed by atoms with van der Waals surface area (Å²) in [5.74, 6) is 1.34. The van der Waals surface area contributed by atoms with Crippen molar-refractivity contribution in [3.63, 3.8) is 0 Å². The third-order valence-corrected chi connectivity index (χ3v) is 3.03. The zero-order valence-corrected chi connectivity index (χ0v) is 12.7. The molecule has 0 saturated heterocycles. The molecule has 1 rings (SSSR count). The molecule has 0 N–H and O–H groups in total. The molecule has 0 unspecified atom stereocenters. The van der Waals surface area contributed by atoms with E-state index in [0.29, 0.717) is 18.3 Å². The molecule has 0 radical (unpaired) electrons. The lowest BCUT2D eigenvalue weighted by Gasteiger charge is -2.27. The molecule has 0 atom stereocenters. The second-order valence-corrected chi connectivity index (χ2v) is 6.09. The van der Waals surface area contributed by atoms with E-state index in [1.54, 1.807) is 0 Å². The zero-order valence-electron chi connectivity index (χ0n) is 12.7. The molecule has 19 heavy (non-hydrogen) atoms. The summed E-state index contributed by atoms with van der Waals surface area (Å²) >= 11 is 0. The normalized spacial score (nSPS) is 11.3. The maximum Gasteiger partial charge on any atom is 0.0669 e. The van der Waals surface area contributed by atoms with Crippen LogP contribution in [-0.4, -0.2) is 18.0 Å². The molecule has 0 heterocycles. The maximum absolute atomic E-state index is 8.91. The van der Waals surface area contributed by atoms with E-state index in [2.05, 4.69) is 56.9 Å². The van der Waals surface area contributed by atoms with E-state index < -0.39 is 0 Å². The van der Waals surface area contributed by atoms with Gasteiger partial charge in [-0.05, 0) is 23.0 Å². The van der Waals surface area contributed by atoms with Crippen molar-refractivity contribution in [1.29, 1.82) is 5.26 Å². The fourth-order valence-corrected chi connectivity index (χ4v) is 2.45. The average molecular weight is 258 g/mol. The van der Waals surface area contributed by atoms with Gasteiger partial charge in [0.15, 0.2) is 0 Å². The largest absolute Gasteiger partial charge is 0.299 e. The Bertz CT molecular complexity index is 406. The van der Waals surface area contributed by atoms with Gasteiger partial charge in [0.05, 0.1) is 12.5 Å². The molecule has 0 bridgehead atoms. The predicted octanol–water partition coefficient (Wildman–Crippen LogP) is 3.87. The molecular formula is C17H26N2. The number of hydrogen-bond acceptors (Lipinski definition) is 2. The first-order valence-corrected chi connectivity index (χ1v) is 7.19. The van der Waals surface area contributed by atoms with Gasteiger partial charge in [0.2, 0.25) is 0 Å². The highest BCUT2D eigenvalue weighted by Crippen LogP contribution is 2.14. The lowest BCUT2D eigenvalue weighted by atomic mass is 10.0. The van der Waals surface area contributed by atoms with Gasteiger partial charge >= 0.3 is 0 Å². The number of benzene rings is 1. The van der Waals surface area contributed by atoms with Gasteiger partial charge < -0.3 is 0 Å². The summed E-state index contributed by atoms with van der Waals surface area (Å²) < 4.78 is 0. The lowest BCUT2D eigenvalue weighted by molar-refractivity contribution is 0.211. The molecule has 0 aromatic heterocycles. The van der Waals surface area contributed by atoms with Crippen LogP contribution >= 0.6 is 0 Å². The maximum atomic E-state index is 8.91. The van der Waals surface area contributed by atoms with Crippen LogP contribution < -0.4 is 0 Å². The molecule has 2 nitrogen and oxygen atoms in total. The van der Waals surface area contributed by atoms with E-state index in [4.69, 9.17) is 5.26 Å². The summed E-state index contributed by atoms with van der Waals surface area (Å²) in [7, 11) is 0. The highest BCUT2D eigenvalue weighted by atomic mass is 15.1. The molecule has 0 aliphatic heterocycles. The van der Waals surface area contributed by atoms with Gasteiger partial charge in [0, 0.05) is 19.6 Å². The number of nitriles is 1. The van der Waals surface area contributed by atoms with E-state index >= 15 is 0 Å². The molecule has 0 aliphatic carbocycles. The summed E-state index contributed by atoms with van der Waals surface area (Å²) in [6, 6.07) is 10.6. The summed E-state index contributed by atoms with van der Waals surface area (Å²) in [5.41, 5.74) is 2.47. The Morgan fingerprint density at radius 3 is 2.00 bits per heavy atom. The Kier molecular flexibility index (Phi) is 6.59. The van der Waals surface area contributed by atoms with E-state index in [1.165, 1.54) is 11.1 Å². The summed E-state index contributed by atoms with van der Waals surface area (Å²) in [6.45, 7) is 12.2. The van der Waals surface area contributed by atoms with Crippen LogP contribution in [0.2, 0.25) is 0 Å². The Morgan fingerprint density at radius 2 is 1.53 bits per heavy atom. The summed E-state index contributed by atoms with van der Waals surface area (Å²) in [5, 5.41) is 8.91. The minimum atomic E-state index is 0.507. The van der Waals surface area contributed by atoms with Crippen molar-refractivity contribution in [3.8, 4) is 6.07 Å². The quantitative estimate of drug-likeness (QED) is 0.742. The number of hydrogen-bond donors (Lipinski definition) is 0. The molecular weight excluding hydrogens is 232 g/mol. The fraction of sp³-hybridized carbons (Fsp3) is 0.588. The molecule has 1 aromatic carbocycles. The molecule has 0 amide bonds. The van der Waals surface area contributed by atoms with Crippen molar-refractivity contribution < 1.29 is 0 Å². The van der Waals surface area contributed by atoms with E-state index in [9.17, 15) is 0 Å². The molecule has 2 heteroatoms. The zero-order chi connectivity index (χ0) is 14.3. The minimum absolute atomic E-state index is 0.507. The van der Waals surface area contributed by atoms with Crippen LogP contribution in [0.5, 0.6) is 0 Å². The van der Waals surface area contributed by atoms with Crippen molar-refractivity contribution in [2.24, 2.45) is 11.8 Å². The first kappa shape index (κ1) is 15.7. The third-order valence-electron chi connectivity index (χ3n) is 3.03. The second kappa shape index (κ2) is 7.96. The molecule has 0 aliphatic rings. The second-order valence-electron chi connectivity index (χ2n) is 6.09. The Hall–Kier alpha value is -1.33. The summed E-state index contributed by atoms with van der Waals surface area (Å²) in [6.07, 6.45) is 0.507. The Balaban J connectivity index is 2.80. The van der Waals surface area contributed by atoms with Crippen molar-refractivity contribution in [2.75, 3.05) is 13.1 Å². The van der Waals surface area contributed by atoms with Gasteiger partial charge in [-0.2, -0.15) is 5.26 Å². The molecule has 0 spiro atoms. The SMILES string of the molecule is CC(C)CN(Cc1ccccc1CC#N)CC(C)C. The predicted molar refractivity (Wildman–Crippen MR) is 80.7 cm³/mol. The average Bonchev–Trinajstić information content (AvgIpc) is 2.30. The van der Waals surface area contributed by atoms with E-state index in [0.717, 1.165) is 19.6 Å². The lowest BCUT2D eigenvalue weighted by Crippen LogP contribution is -2.31. The van der Waals surface area contributed by atoms with Crippen LogP contribution in [0.3, 0.4) is 0 Å². The van der Waals surface area contributed by atoms with Gasteiger partial charge in [-0.15, -0.1) is 0 Å². The smallest absolute Gasteiger partial charge is 0.0669 e. The van der Waals surface area contributed by atoms with Crippen molar-refractivity contribution in [2.45, 2.75) is 40.7 Å². The van der Waals surface area contributed by atoms with Gasteiger partial charge in [-0.25, -0.2) is 0 Å². The molecule has 1 aromatic rings. The molecule has 0 saturated carbocycles. The van der Waals surface area contributed by atoms with Crippen LogP contribution in [0, 0.1) is 23.2 Å². The first-order chi connectivity index (χ1) is 9.02. The summed E-state index contributed by atoms with van der Waals surface area (Å²) in [4.78, 5) is 2.51. The third kappa shape index (κ3) is 5.89. The first-order valence-electron chi connectivity index (χ1n) is 7.19. The van der Waals surface area contributed by atoms with Crippen molar-refractivity contribution >= 4 is 0 Å². The Morgan fingerprint density at radius 1 is 1.00 bits per heavy atom. The van der Waals surface area contributed by atoms with Crippen LogP contribution in [0.25, 0.3) is 0 Å². The van der Waals surface area contributed by atoms with Crippen molar-refractivity contribution in [1.82, 2.24) is 4.90 Å². The fourth-order valence-electron chi connectivity index (χ4n) is 2.45. The minimum Gasteiger partial charge on any atom is -0.299 e. The topological polar surface area (TPSA) is 27.0 Å². The van der Waals surface area contributed by atoms with Gasteiger partial charge in [-0.3, -0.25) is 4.90 Å². The van der Waals surface area contributed by atoms with Gasteiger partial charge in [0.25, 0.3) is 0 Å². The number of nitrogens with zero attached hydrogens (tertiary/aromatic N) is 2. The van der Waals surface area contributed by atoms with Crippen LogP contribution in [0.4, 0.5) is 0 Å².